The zero-order chi connectivity index (χ0) is 23.4. The van der Waals surface area contributed by atoms with Crippen molar-refractivity contribution in [2.45, 2.75) is 39.7 Å². The molecule has 1 aromatic heterocycles. The van der Waals surface area contributed by atoms with Crippen molar-refractivity contribution in [2.24, 2.45) is 0 Å². The number of aromatic hydroxyl groups is 4. The zero-order valence-corrected chi connectivity index (χ0v) is 18.2. The Morgan fingerprint density at radius 3 is 2.44 bits per heavy atom. The third-order valence-electron chi connectivity index (χ3n) is 5.35. The highest BCUT2D eigenvalue weighted by Crippen LogP contribution is 2.45. The second kappa shape index (κ2) is 7.37. The molecular formula is C25H24O7. The molecule has 0 saturated carbocycles. The third kappa shape index (κ3) is 3.56. The van der Waals surface area contributed by atoms with Crippen LogP contribution in [0.1, 0.15) is 38.8 Å². The van der Waals surface area contributed by atoms with Crippen molar-refractivity contribution in [2.75, 3.05) is 0 Å². The van der Waals surface area contributed by atoms with Crippen LogP contribution in [0, 0.1) is 0 Å². The number of phenols is 4. The Morgan fingerprint density at radius 2 is 1.75 bits per heavy atom. The van der Waals surface area contributed by atoms with E-state index in [1.165, 1.54) is 6.07 Å². The van der Waals surface area contributed by atoms with E-state index >= 15 is 0 Å². The van der Waals surface area contributed by atoms with Gasteiger partial charge in [-0.3, -0.25) is 4.79 Å². The molecule has 7 nitrogen and oxygen atoms in total. The summed E-state index contributed by atoms with van der Waals surface area (Å²) in [5.74, 6) is -1.15. The molecule has 1 aliphatic rings. The minimum atomic E-state index is -0.605. The molecule has 3 aromatic rings. The van der Waals surface area contributed by atoms with Crippen LogP contribution in [0.3, 0.4) is 0 Å². The zero-order valence-electron chi connectivity index (χ0n) is 18.2. The number of hydrogen-bond acceptors (Lipinski definition) is 7. The van der Waals surface area contributed by atoms with Gasteiger partial charge in [0.05, 0.1) is 11.1 Å². The average Bonchev–Trinajstić information content (AvgIpc) is 2.69. The largest absolute Gasteiger partial charge is 0.507 e. The fourth-order valence-electron chi connectivity index (χ4n) is 3.66. The minimum Gasteiger partial charge on any atom is -0.507 e. The predicted octanol–water partition coefficient (Wildman–Crippen LogP) is 4.98. The van der Waals surface area contributed by atoms with Crippen molar-refractivity contribution in [1.82, 2.24) is 0 Å². The van der Waals surface area contributed by atoms with Crippen LogP contribution in [0.25, 0.3) is 28.4 Å². The molecule has 0 radical (unpaired) electrons. The first kappa shape index (κ1) is 21.4. The molecule has 166 valence electrons. The summed E-state index contributed by atoms with van der Waals surface area (Å²) in [6.07, 6.45) is 5.43. The molecule has 0 spiro atoms. The van der Waals surface area contributed by atoms with Gasteiger partial charge in [-0.1, -0.05) is 11.6 Å². The molecule has 4 rings (SSSR count). The van der Waals surface area contributed by atoms with Gasteiger partial charge in [0, 0.05) is 17.7 Å². The lowest BCUT2D eigenvalue weighted by Crippen LogP contribution is -2.27. The Balaban J connectivity index is 1.95. The molecule has 0 bridgehead atoms. The van der Waals surface area contributed by atoms with Gasteiger partial charge in [-0.05, 0) is 52.3 Å². The maximum Gasteiger partial charge on any atom is 0.197 e. The smallest absolute Gasteiger partial charge is 0.197 e. The maximum absolute atomic E-state index is 12.9. The van der Waals surface area contributed by atoms with Gasteiger partial charge < -0.3 is 29.6 Å². The van der Waals surface area contributed by atoms with Gasteiger partial charge >= 0.3 is 0 Å². The molecule has 2 aromatic carbocycles. The molecule has 0 unspecified atom stereocenters. The number of hydrogen-bond donors (Lipinski definition) is 4. The van der Waals surface area contributed by atoms with Gasteiger partial charge in [0.25, 0.3) is 0 Å². The first-order valence-electron chi connectivity index (χ1n) is 10.1. The molecule has 1 aliphatic heterocycles. The number of phenolic OH excluding ortho intramolecular Hbond substituents is 4. The summed E-state index contributed by atoms with van der Waals surface area (Å²) in [7, 11) is 0. The lowest BCUT2D eigenvalue weighted by molar-refractivity contribution is 0.158. The van der Waals surface area contributed by atoms with Gasteiger partial charge in [0.1, 0.15) is 39.6 Å². The van der Waals surface area contributed by atoms with E-state index in [1.54, 1.807) is 18.2 Å². The lowest BCUT2D eigenvalue weighted by atomic mass is 9.98. The first-order chi connectivity index (χ1) is 15.0. The summed E-state index contributed by atoms with van der Waals surface area (Å²) in [6.45, 7) is 7.44. The van der Waals surface area contributed by atoms with E-state index in [-0.39, 0.29) is 45.8 Å². The van der Waals surface area contributed by atoms with E-state index < -0.39 is 22.5 Å². The summed E-state index contributed by atoms with van der Waals surface area (Å²) >= 11 is 0. The van der Waals surface area contributed by atoms with Crippen LogP contribution in [0.15, 0.2) is 45.1 Å². The second-order valence-corrected chi connectivity index (χ2v) is 8.63. The molecule has 0 amide bonds. The van der Waals surface area contributed by atoms with Gasteiger partial charge in [-0.25, -0.2) is 0 Å². The van der Waals surface area contributed by atoms with E-state index in [0.29, 0.717) is 11.3 Å². The molecule has 4 N–H and O–H groups in total. The standard InChI is InChI=1S/C25H24O7/c1-12(2)5-6-14-22(28)15(9-17(27)23(14)29)18-10-16(26)21-20(31-18)11-19-13(24(21)30)7-8-25(3,4)32-19/h5,7-11,27-30H,6H2,1-4H3. The molecule has 32 heavy (non-hydrogen) atoms. The highest BCUT2D eigenvalue weighted by Gasteiger charge is 2.27. The van der Waals surface area contributed by atoms with Gasteiger partial charge in [0.15, 0.2) is 16.9 Å². The average molecular weight is 436 g/mol. The van der Waals surface area contributed by atoms with Crippen molar-refractivity contribution in [3.8, 4) is 40.1 Å². The summed E-state index contributed by atoms with van der Waals surface area (Å²) in [5, 5.41) is 41.9. The van der Waals surface area contributed by atoms with Crippen LogP contribution in [0.5, 0.6) is 28.7 Å². The molecule has 0 saturated heterocycles. The number of ether oxygens (including phenoxy) is 1. The van der Waals surface area contributed by atoms with Crippen LogP contribution in [-0.2, 0) is 6.42 Å². The molecule has 0 aliphatic carbocycles. The summed E-state index contributed by atoms with van der Waals surface area (Å²) < 4.78 is 11.8. The van der Waals surface area contributed by atoms with Crippen LogP contribution in [0.2, 0.25) is 0 Å². The Kier molecular flexibility index (Phi) is 4.92. The predicted molar refractivity (Wildman–Crippen MR) is 121 cm³/mol. The molecule has 0 fully saturated rings. The van der Waals surface area contributed by atoms with Crippen LogP contribution in [-0.4, -0.2) is 26.0 Å². The molecule has 2 heterocycles. The highest BCUT2D eigenvalue weighted by atomic mass is 16.5. The maximum atomic E-state index is 12.9. The monoisotopic (exact) mass is 436 g/mol. The number of benzene rings is 2. The van der Waals surface area contributed by atoms with Crippen molar-refractivity contribution in [1.29, 1.82) is 0 Å². The lowest BCUT2D eigenvalue weighted by Gasteiger charge is -2.28. The van der Waals surface area contributed by atoms with E-state index in [0.717, 1.165) is 17.7 Å². The summed E-state index contributed by atoms with van der Waals surface area (Å²) in [4.78, 5) is 12.9. The normalized spacial score (nSPS) is 14.1. The van der Waals surface area contributed by atoms with Crippen molar-refractivity contribution in [3.05, 3.63) is 57.3 Å². The van der Waals surface area contributed by atoms with Gasteiger partial charge in [-0.15, -0.1) is 0 Å². The highest BCUT2D eigenvalue weighted by molar-refractivity contribution is 5.92. The fraction of sp³-hybridized carbons (Fsp3) is 0.240. The number of allylic oxidation sites excluding steroid dienone is 2. The van der Waals surface area contributed by atoms with E-state index in [9.17, 15) is 25.2 Å². The number of rotatable bonds is 3. The van der Waals surface area contributed by atoms with Gasteiger partial charge in [0.2, 0.25) is 0 Å². The Bertz CT molecular complexity index is 1370. The summed E-state index contributed by atoms with van der Waals surface area (Å²) in [5.41, 5.74) is 0.410. The minimum absolute atomic E-state index is 0.0206. The summed E-state index contributed by atoms with van der Waals surface area (Å²) in [6, 6.07) is 3.77. The SMILES string of the molecule is CC(C)=CCc1c(O)c(O)cc(-c2cc(=O)c3c(O)c4c(cc3o2)OC(C)(C)C=C4)c1O. The van der Waals surface area contributed by atoms with Crippen molar-refractivity contribution in [3.63, 3.8) is 0 Å². The molecule has 0 atom stereocenters. The quantitative estimate of drug-likeness (QED) is 0.260. The van der Waals surface area contributed by atoms with Gasteiger partial charge in [-0.2, -0.15) is 0 Å². The van der Waals surface area contributed by atoms with Crippen LogP contribution in [0.4, 0.5) is 0 Å². The Labute approximate surface area is 184 Å². The Hall–Kier alpha value is -3.87. The van der Waals surface area contributed by atoms with Crippen LogP contribution >= 0.6 is 0 Å². The first-order valence-corrected chi connectivity index (χ1v) is 10.1. The van der Waals surface area contributed by atoms with Crippen molar-refractivity contribution < 1.29 is 29.6 Å². The number of fused-ring (bicyclic) bond motifs is 2. The van der Waals surface area contributed by atoms with E-state index in [2.05, 4.69) is 0 Å². The van der Waals surface area contributed by atoms with E-state index in [1.807, 2.05) is 27.7 Å². The molecule has 7 heteroatoms. The van der Waals surface area contributed by atoms with Crippen LogP contribution < -0.4 is 10.2 Å². The third-order valence-corrected chi connectivity index (χ3v) is 5.35. The topological polar surface area (TPSA) is 120 Å². The van der Waals surface area contributed by atoms with Crippen molar-refractivity contribution >= 4 is 17.0 Å². The Morgan fingerprint density at radius 1 is 1.03 bits per heavy atom. The second-order valence-electron chi connectivity index (χ2n) is 8.63. The fourth-order valence-corrected chi connectivity index (χ4v) is 3.66. The van der Waals surface area contributed by atoms with E-state index in [4.69, 9.17) is 9.15 Å². The molecular weight excluding hydrogens is 412 g/mol.